The Morgan fingerprint density at radius 3 is 2.31 bits per heavy atom. The lowest BCUT2D eigenvalue weighted by Crippen LogP contribution is -2.32. The van der Waals surface area contributed by atoms with E-state index in [0.717, 1.165) is 6.07 Å². The van der Waals surface area contributed by atoms with Crippen LogP contribution in [0.1, 0.15) is 26.3 Å². The van der Waals surface area contributed by atoms with E-state index in [2.05, 4.69) is 0 Å². The van der Waals surface area contributed by atoms with Crippen LogP contribution >= 0.6 is 0 Å². The maximum Gasteiger partial charge on any atom is 0.162 e. The molecule has 0 amide bonds. The Hall–Kier alpha value is -0.960. The molecule has 0 spiro atoms. The Bertz CT molecular complexity index is 340. The highest BCUT2D eigenvalue weighted by molar-refractivity contribution is 5.19. The largest absolute Gasteiger partial charge is 0.328 e. The lowest BCUT2D eigenvalue weighted by atomic mass is 9.84. The third kappa shape index (κ3) is 3.01. The van der Waals surface area contributed by atoms with Crippen molar-refractivity contribution in [3.63, 3.8) is 0 Å². The Morgan fingerprint density at radius 1 is 1.19 bits per heavy atom. The van der Waals surface area contributed by atoms with E-state index in [4.69, 9.17) is 5.73 Å². The molecule has 0 heterocycles. The molecule has 1 aromatic rings. The topological polar surface area (TPSA) is 26.0 Å². The monoisotopic (exact) mass is 227 g/mol. The van der Waals surface area contributed by atoms with Gasteiger partial charge in [-0.3, -0.25) is 0 Å². The van der Waals surface area contributed by atoms with Crippen molar-refractivity contribution in [2.75, 3.05) is 0 Å². The molecule has 1 rings (SSSR count). The van der Waals surface area contributed by atoms with Crippen molar-refractivity contribution in [1.29, 1.82) is 0 Å². The van der Waals surface area contributed by atoms with Crippen molar-refractivity contribution >= 4 is 0 Å². The maximum atomic E-state index is 13.5. The summed E-state index contributed by atoms with van der Waals surface area (Å²) < 4.78 is 26.5. The summed E-state index contributed by atoms with van der Waals surface area (Å²) >= 11 is 0. The third-order valence-electron chi connectivity index (χ3n) is 3.02. The van der Waals surface area contributed by atoms with Crippen molar-refractivity contribution < 1.29 is 8.78 Å². The predicted octanol–water partition coefficient (Wildman–Crippen LogP) is 3.13. The van der Waals surface area contributed by atoms with Crippen molar-refractivity contribution in [3.8, 4) is 0 Å². The van der Waals surface area contributed by atoms with Gasteiger partial charge in [0.2, 0.25) is 0 Å². The molecule has 0 fully saturated rings. The Morgan fingerprint density at radius 2 is 1.81 bits per heavy atom. The summed E-state index contributed by atoms with van der Waals surface area (Å²) in [6.45, 7) is 6.00. The van der Waals surface area contributed by atoms with Gasteiger partial charge in [-0.25, -0.2) is 8.78 Å². The number of hydrogen-bond acceptors (Lipinski definition) is 1. The third-order valence-corrected chi connectivity index (χ3v) is 3.02. The molecule has 0 saturated carbocycles. The fraction of sp³-hybridized carbons (Fsp3) is 0.538. The first-order valence-electron chi connectivity index (χ1n) is 5.62. The molecule has 90 valence electrons. The lowest BCUT2D eigenvalue weighted by molar-refractivity contribution is 0.324. The number of halogens is 2. The van der Waals surface area contributed by atoms with Gasteiger partial charge in [-0.2, -0.15) is 0 Å². The van der Waals surface area contributed by atoms with Gasteiger partial charge in [-0.1, -0.05) is 26.0 Å². The highest BCUT2D eigenvalue weighted by atomic mass is 19.2. The van der Waals surface area contributed by atoms with Crippen LogP contribution in [0.25, 0.3) is 0 Å². The van der Waals surface area contributed by atoms with Gasteiger partial charge in [0.15, 0.2) is 11.6 Å². The maximum absolute atomic E-state index is 13.5. The second kappa shape index (κ2) is 5.39. The molecule has 1 aromatic carbocycles. The fourth-order valence-corrected chi connectivity index (χ4v) is 1.99. The van der Waals surface area contributed by atoms with E-state index in [1.807, 2.05) is 20.8 Å². The highest BCUT2D eigenvalue weighted by Crippen LogP contribution is 2.22. The average molecular weight is 227 g/mol. The highest BCUT2D eigenvalue weighted by Gasteiger charge is 2.20. The van der Waals surface area contributed by atoms with Gasteiger partial charge in [0.1, 0.15) is 0 Å². The van der Waals surface area contributed by atoms with Gasteiger partial charge in [-0.05, 0) is 36.8 Å². The van der Waals surface area contributed by atoms with Gasteiger partial charge < -0.3 is 5.73 Å². The van der Waals surface area contributed by atoms with Crippen LogP contribution in [0, 0.1) is 23.5 Å². The normalized spacial score (nSPS) is 15.2. The summed E-state index contributed by atoms with van der Waals surface area (Å²) in [6.07, 6.45) is 0.485. The minimum atomic E-state index is -0.787. The molecule has 0 aliphatic carbocycles. The zero-order valence-corrected chi connectivity index (χ0v) is 10.0. The van der Waals surface area contributed by atoms with Crippen LogP contribution in [-0.4, -0.2) is 6.04 Å². The molecule has 0 aliphatic rings. The molecular formula is C13H19F2N. The van der Waals surface area contributed by atoms with Gasteiger partial charge in [0.25, 0.3) is 0 Å². The minimum absolute atomic E-state index is 0.0253. The van der Waals surface area contributed by atoms with Crippen LogP contribution in [0.2, 0.25) is 0 Å². The summed E-state index contributed by atoms with van der Waals surface area (Å²) in [6, 6.07) is 4.26. The van der Waals surface area contributed by atoms with E-state index >= 15 is 0 Å². The zero-order valence-electron chi connectivity index (χ0n) is 10.0. The van der Waals surface area contributed by atoms with Gasteiger partial charge in [0, 0.05) is 6.04 Å². The predicted molar refractivity (Wildman–Crippen MR) is 62.0 cm³/mol. The number of nitrogens with two attached hydrogens (primary N) is 1. The summed E-state index contributed by atoms with van der Waals surface area (Å²) in [5.41, 5.74) is 6.27. The first-order valence-corrected chi connectivity index (χ1v) is 5.62. The summed E-state index contributed by atoms with van der Waals surface area (Å²) in [5.74, 6) is -1.02. The molecule has 0 radical (unpaired) electrons. The molecule has 16 heavy (non-hydrogen) atoms. The van der Waals surface area contributed by atoms with E-state index in [0.29, 0.717) is 17.9 Å². The summed E-state index contributed by atoms with van der Waals surface area (Å²) in [4.78, 5) is 0. The van der Waals surface area contributed by atoms with Crippen molar-refractivity contribution in [3.05, 3.63) is 35.4 Å². The van der Waals surface area contributed by atoms with E-state index < -0.39 is 11.6 Å². The van der Waals surface area contributed by atoms with E-state index in [-0.39, 0.29) is 12.0 Å². The Kier molecular flexibility index (Phi) is 4.42. The quantitative estimate of drug-likeness (QED) is 0.840. The van der Waals surface area contributed by atoms with Crippen LogP contribution in [-0.2, 0) is 6.42 Å². The average Bonchev–Trinajstić information content (AvgIpc) is 2.19. The molecule has 0 aromatic heterocycles. The van der Waals surface area contributed by atoms with Crippen LogP contribution < -0.4 is 5.73 Å². The second-order valence-corrected chi connectivity index (χ2v) is 4.68. The summed E-state index contributed by atoms with van der Waals surface area (Å²) in [5, 5.41) is 0. The smallest absolute Gasteiger partial charge is 0.162 e. The first kappa shape index (κ1) is 13.1. The van der Waals surface area contributed by atoms with Crippen LogP contribution in [0.4, 0.5) is 8.78 Å². The Labute approximate surface area is 95.7 Å². The van der Waals surface area contributed by atoms with Crippen molar-refractivity contribution in [1.82, 2.24) is 0 Å². The molecule has 0 saturated heterocycles. The molecule has 2 N–H and O–H groups in total. The molecule has 3 heteroatoms. The van der Waals surface area contributed by atoms with Crippen molar-refractivity contribution in [2.45, 2.75) is 33.2 Å². The molecule has 2 unspecified atom stereocenters. The number of benzene rings is 1. The molecular weight excluding hydrogens is 208 g/mol. The molecule has 0 aliphatic heterocycles. The van der Waals surface area contributed by atoms with Crippen LogP contribution in [0.5, 0.6) is 0 Å². The number of hydrogen-bond donors (Lipinski definition) is 1. The van der Waals surface area contributed by atoms with Crippen LogP contribution in [0.3, 0.4) is 0 Å². The minimum Gasteiger partial charge on any atom is -0.328 e. The fourth-order valence-electron chi connectivity index (χ4n) is 1.99. The van der Waals surface area contributed by atoms with Crippen LogP contribution in [0.15, 0.2) is 18.2 Å². The Balaban J connectivity index is 2.90. The standard InChI is InChI=1S/C13H19F2N/c1-8(2)11(9(3)16)7-10-5-4-6-12(14)13(10)15/h4-6,8-9,11H,7,16H2,1-3H3. The van der Waals surface area contributed by atoms with Gasteiger partial charge in [0.05, 0.1) is 0 Å². The molecule has 0 bridgehead atoms. The lowest BCUT2D eigenvalue weighted by Gasteiger charge is -2.24. The molecule has 1 nitrogen and oxygen atoms in total. The van der Waals surface area contributed by atoms with E-state index in [1.54, 1.807) is 6.07 Å². The summed E-state index contributed by atoms with van der Waals surface area (Å²) in [7, 11) is 0. The first-order chi connectivity index (χ1) is 7.43. The zero-order chi connectivity index (χ0) is 12.3. The number of rotatable bonds is 4. The van der Waals surface area contributed by atoms with Crippen molar-refractivity contribution in [2.24, 2.45) is 17.6 Å². The van der Waals surface area contributed by atoms with E-state index in [1.165, 1.54) is 6.07 Å². The van der Waals surface area contributed by atoms with Gasteiger partial charge >= 0.3 is 0 Å². The second-order valence-electron chi connectivity index (χ2n) is 4.68. The molecule has 2 atom stereocenters. The van der Waals surface area contributed by atoms with Gasteiger partial charge in [-0.15, -0.1) is 0 Å². The SMILES string of the molecule is CC(C)C(Cc1cccc(F)c1F)C(C)N. The van der Waals surface area contributed by atoms with E-state index in [9.17, 15) is 8.78 Å².